The van der Waals surface area contributed by atoms with Crippen LogP contribution in [-0.4, -0.2) is 20.5 Å². The molecule has 1 atom stereocenters. The minimum atomic E-state index is 0.0131. The van der Waals surface area contributed by atoms with E-state index in [0.717, 1.165) is 17.5 Å². The summed E-state index contributed by atoms with van der Waals surface area (Å²) in [6.07, 6.45) is 3.96. The van der Waals surface area contributed by atoms with Crippen LogP contribution in [0.3, 0.4) is 0 Å². The number of rotatable bonds is 2. The molecule has 0 radical (unpaired) electrons. The van der Waals surface area contributed by atoms with Crippen LogP contribution in [0, 0.1) is 5.92 Å². The second-order valence-corrected chi connectivity index (χ2v) is 4.04. The largest absolute Gasteiger partial charge is 0.294 e. The van der Waals surface area contributed by atoms with Gasteiger partial charge in [-0.15, -0.1) is 0 Å². The number of ketones is 1. The maximum atomic E-state index is 12.1. The van der Waals surface area contributed by atoms with Crippen molar-refractivity contribution >= 4 is 5.78 Å². The highest BCUT2D eigenvalue weighted by Gasteiger charge is 2.30. The Labute approximate surface area is 92.9 Å². The first kappa shape index (κ1) is 9.27. The second kappa shape index (κ2) is 3.56. The third-order valence-corrected chi connectivity index (χ3v) is 2.99. The molecule has 1 unspecified atom stereocenters. The van der Waals surface area contributed by atoms with Gasteiger partial charge in [0.25, 0.3) is 0 Å². The number of carbonyl (C=O) groups excluding carboxylic acids is 1. The molecule has 0 spiro atoms. The predicted octanol–water partition coefficient (Wildman–Crippen LogP) is 1.33. The molecule has 1 aromatic carbocycles. The molecule has 4 heteroatoms. The third kappa shape index (κ3) is 1.43. The molecule has 0 bridgehead atoms. The van der Waals surface area contributed by atoms with Crippen molar-refractivity contribution in [2.24, 2.45) is 5.92 Å². The highest BCUT2D eigenvalue weighted by molar-refractivity contribution is 6.02. The van der Waals surface area contributed by atoms with Crippen LogP contribution < -0.4 is 0 Å². The lowest BCUT2D eigenvalue weighted by atomic mass is 10.1. The molecule has 4 nitrogen and oxygen atoms in total. The van der Waals surface area contributed by atoms with Crippen molar-refractivity contribution in [1.29, 1.82) is 0 Å². The molecule has 0 aliphatic heterocycles. The van der Waals surface area contributed by atoms with E-state index >= 15 is 0 Å². The Morgan fingerprint density at radius 3 is 3.00 bits per heavy atom. The van der Waals surface area contributed by atoms with E-state index in [4.69, 9.17) is 0 Å². The maximum Gasteiger partial charge on any atom is 0.168 e. The van der Waals surface area contributed by atoms with E-state index in [2.05, 4.69) is 10.1 Å². The van der Waals surface area contributed by atoms with Crippen LogP contribution in [0.25, 0.3) is 0 Å². The molecular weight excluding hydrogens is 202 g/mol. The third-order valence-electron chi connectivity index (χ3n) is 2.99. The van der Waals surface area contributed by atoms with Gasteiger partial charge in [-0.25, -0.2) is 4.98 Å². The van der Waals surface area contributed by atoms with Crippen LogP contribution in [-0.2, 0) is 13.0 Å². The summed E-state index contributed by atoms with van der Waals surface area (Å²) in [7, 11) is 0. The fourth-order valence-corrected chi connectivity index (χ4v) is 2.22. The van der Waals surface area contributed by atoms with Gasteiger partial charge >= 0.3 is 0 Å². The van der Waals surface area contributed by atoms with E-state index in [0.29, 0.717) is 6.54 Å². The zero-order chi connectivity index (χ0) is 11.0. The van der Waals surface area contributed by atoms with Crippen LogP contribution in [0.1, 0.15) is 15.9 Å². The minimum absolute atomic E-state index is 0.0131. The second-order valence-electron chi connectivity index (χ2n) is 4.04. The molecule has 0 N–H and O–H groups in total. The molecule has 0 fully saturated rings. The lowest BCUT2D eigenvalue weighted by Gasteiger charge is -2.06. The van der Waals surface area contributed by atoms with E-state index < -0.39 is 0 Å². The van der Waals surface area contributed by atoms with Gasteiger partial charge in [-0.3, -0.25) is 9.48 Å². The predicted molar refractivity (Wildman–Crippen MR) is 58.0 cm³/mol. The topological polar surface area (TPSA) is 47.8 Å². The number of aromatic nitrogens is 3. The van der Waals surface area contributed by atoms with Crippen LogP contribution >= 0.6 is 0 Å². The van der Waals surface area contributed by atoms with Gasteiger partial charge in [0, 0.05) is 11.5 Å². The highest BCUT2D eigenvalue weighted by atomic mass is 16.1. The monoisotopic (exact) mass is 213 g/mol. The first-order valence-electron chi connectivity index (χ1n) is 5.29. The summed E-state index contributed by atoms with van der Waals surface area (Å²) in [5.41, 5.74) is 2.02. The molecule has 1 aromatic heterocycles. The molecule has 3 rings (SSSR count). The van der Waals surface area contributed by atoms with Crippen LogP contribution in [0.15, 0.2) is 36.9 Å². The normalized spacial score (nSPS) is 18.8. The molecular formula is C12H11N3O. The fourth-order valence-electron chi connectivity index (χ4n) is 2.22. The van der Waals surface area contributed by atoms with E-state index in [1.807, 2.05) is 24.3 Å². The van der Waals surface area contributed by atoms with Gasteiger partial charge in [-0.05, 0) is 12.0 Å². The molecule has 1 aliphatic rings. The SMILES string of the molecule is O=C1c2ccccc2CC1Cn1cncn1. The summed E-state index contributed by atoms with van der Waals surface area (Å²) in [4.78, 5) is 15.9. The van der Waals surface area contributed by atoms with Crippen LogP contribution in [0.2, 0.25) is 0 Å². The number of hydrogen-bond acceptors (Lipinski definition) is 3. The Kier molecular flexibility index (Phi) is 2.06. The summed E-state index contributed by atoms with van der Waals surface area (Å²) in [6, 6.07) is 7.81. The van der Waals surface area contributed by atoms with Crippen molar-refractivity contribution in [3.05, 3.63) is 48.0 Å². The number of hydrogen-bond donors (Lipinski definition) is 0. The van der Waals surface area contributed by atoms with Crippen molar-refractivity contribution < 1.29 is 4.79 Å². The zero-order valence-electron chi connectivity index (χ0n) is 8.71. The first-order chi connectivity index (χ1) is 7.84. The number of nitrogens with zero attached hydrogens (tertiary/aromatic N) is 3. The van der Waals surface area contributed by atoms with Gasteiger partial charge in [-0.2, -0.15) is 5.10 Å². The number of Topliss-reactive ketones (excluding diaryl/α,β-unsaturated/α-hetero) is 1. The smallest absolute Gasteiger partial charge is 0.168 e. The Bertz CT molecular complexity index is 517. The lowest BCUT2D eigenvalue weighted by molar-refractivity contribution is 0.0922. The van der Waals surface area contributed by atoms with Gasteiger partial charge < -0.3 is 0 Å². The lowest BCUT2D eigenvalue weighted by Crippen LogP contribution is -2.17. The molecule has 1 aliphatic carbocycles. The zero-order valence-corrected chi connectivity index (χ0v) is 8.71. The maximum absolute atomic E-state index is 12.1. The number of fused-ring (bicyclic) bond motifs is 1. The molecule has 0 saturated carbocycles. The van der Waals surface area contributed by atoms with E-state index in [1.54, 1.807) is 11.0 Å². The number of carbonyl (C=O) groups is 1. The molecule has 80 valence electrons. The molecule has 0 saturated heterocycles. The van der Waals surface area contributed by atoms with E-state index in [-0.39, 0.29) is 11.7 Å². The Balaban J connectivity index is 1.85. The van der Waals surface area contributed by atoms with Crippen molar-refractivity contribution in [3.63, 3.8) is 0 Å². The molecule has 2 aromatic rings. The summed E-state index contributed by atoms with van der Waals surface area (Å²) >= 11 is 0. The van der Waals surface area contributed by atoms with Crippen molar-refractivity contribution in [2.45, 2.75) is 13.0 Å². The number of benzene rings is 1. The van der Waals surface area contributed by atoms with Gasteiger partial charge in [0.15, 0.2) is 5.78 Å². The van der Waals surface area contributed by atoms with E-state index in [9.17, 15) is 4.79 Å². The average molecular weight is 213 g/mol. The summed E-state index contributed by atoms with van der Waals surface area (Å²) < 4.78 is 1.72. The highest BCUT2D eigenvalue weighted by Crippen LogP contribution is 2.27. The summed E-state index contributed by atoms with van der Waals surface area (Å²) in [5.74, 6) is 0.241. The average Bonchev–Trinajstić information content (AvgIpc) is 2.90. The Morgan fingerprint density at radius 1 is 1.38 bits per heavy atom. The van der Waals surface area contributed by atoms with Gasteiger partial charge in [0.2, 0.25) is 0 Å². The van der Waals surface area contributed by atoms with Gasteiger partial charge in [0.1, 0.15) is 12.7 Å². The van der Waals surface area contributed by atoms with Crippen molar-refractivity contribution in [3.8, 4) is 0 Å². The van der Waals surface area contributed by atoms with Crippen molar-refractivity contribution in [2.75, 3.05) is 0 Å². The molecule has 1 heterocycles. The first-order valence-corrected chi connectivity index (χ1v) is 5.29. The minimum Gasteiger partial charge on any atom is -0.294 e. The van der Waals surface area contributed by atoms with Crippen LogP contribution in [0.5, 0.6) is 0 Å². The Morgan fingerprint density at radius 2 is 2.25 bits per heavy atom. The molecule has 0 amide bonds. The standard InChI is InChI=1S/C12H11N3O/c16-12-10(6-15-8-13-7-14-15)5-9-3-1-2-4-11(9)12/h1-4,7-8,10H,5-6H2. The van der Waals surface area contributed by atoms with Crippen molar-refractivity contribution in [1.82, 2.24) is 14.8 Å². The van der Waals surface area contributed by atoms with E-state index in [1.165, 1.54) is 6.33 Å². The molecule has 16 heavy (non-hydrogen) atoms. The fraction of sp³-hybridized carbons (Fsp3) is 0.250. The van der Waals surface area contributed by atoms with Gasteiger partial charge in [0.05, 0.1) is 6.54 Å². The summed E-state index contributed by atoms with van der Waals surface area (Å²) in [6.45, 7) is 0.619. The van der Waals surface area contributed by atoms with Gasteiger partial charge in [-0.1, -0.05) is 24.3 Å². The Hall–Kier alpha value is -1.97. The quantitative estimate of drug-likeness (QED) is 0.756. The van der Waals surface area contributed by atoms with Crippen LogP contribution in [0.4, 0.5) is 0 Å². The summed E-state index contributed by atoms with van der Waals surface area (Å²) in [5, 5.41) is 4.03.